The van der Waals surface area contributed by atoms with Crippen LogP contribution < -0.4 is 4.74 Å². The number of nitrogens with zero attached hydrogens (tertiary/aromatic N) is 3. The van der Waals surface area contributed by atoms with E-state index in [0.717, 1.165) is 12.8 Å². The second kappa shape index (κ2) is 8.51. The maximum atomic E-state index is 13.3. The summed E-state index contributed by atoms with van der Waals surface area (Å²) in [7, 11) is 5.60. The van der Waals surface area contributed by atoms with Crippen molar-refractivity contribution in [3.8, 4) is 5.75 Å². The van der Waals surface area contributed by atoms with Gasteiger partial charge in [-0.05, 0) is 56.8 Å². The van der Waals surface area contributed by atoms with Gasteiger partial charge in [0.25, 0.3) is 17.7 Å². The smallest absolute Gasteiger partial charge is 0.261 e. The van der Waals surface area contributed by atoms with Crippen molar-refractivity contribution < 1.29 is 19.1 Å². The number of carbonyl (C=O) groups excluding carboxylic acids is 3. The predicted octanol–water partition coefficient (Wildman–Crippen LogP) is 2.66. The number of fused-ring (bicyclic) bond motifs is 1. The third-order valence-corrected chi connectivity index (χ3v) is 6.13. The van der Waals surface area contributed by atoms with Crippen molar-refractivity contribution in [2.75, 3.05) is 34.3 Å². The number of benzene rings is 2. The molecule has 1 fully saturated rings. The highest BCUT2D eigenvalue weighted by atomic mass is 16.5. The van der Waals surface area contributed by atoms with E-state index in [9.17, 15) is 14.4 Å². The number of ether oxygens (including phenoxy) is 1. The highest BCUT2D eigenvalue weighted by molar-refractivity contribution is 6.21. The largest absolute Gasteiger partial charge is 0.496 e. The Hall–Kier alpha value is -3.19. The number of piperidine rings is 1. The molecule has 4 rings (SSSR count). The van der Waals surface area contributed by atoms with Crippen molar-refractivity contribution in [3.05, 3.63) is 64.7 Å². The molecule has 0 bridgehead atoms. The lowest BCUT2D eigenvalue weighted by molar-refractivity contribution is 0.0630. The summed E-state index contributed by atoms with van der Waals surface area (Å²) in [6.45, 7) is 1.48. The van der Waals surface area contributed by atoms with Crippen molar-refractivity contribution >= 4 is 17.7 Å². The highest BCUT2D eigenvalue weighted by Crippen LogP contribution is 2.28. The van der Waals surface area contributed by atoms with Crippen molar-refractivity contribution in [3.63, 3.8) is 0 Å². The number of imide groups is 1. The Balaban J connectivity index is 1.58. The minimum atomic E-state index is -0.311. The van der Waals surface area contributed by atoms with Gasteiger partial charge in [-0.1, -0.05) is 18.2 Å². The molecule has 1 atom stereocenters. The van der Waals surface area contributed by atoms with Crippen LogP contribution in [0.4, 0.5) is 0 Å². The van der Waals surface area contributed by atoms with Crippen LogP contribution in [0.15, 0.2) is 42.5 Å². The van der Waals surface area contributed by atoms with E-state index in [-0.39, 0.29) is 24.3 Å². The summed E-state index contributed by atoms with van der Waals surface area (Å²) in [5.41, 5.74) is 2.00. The van der Waals surface area contributed by atoms with Crippen LogP contribution in [0, 0.1) is 0 Å². The predicted molar refractivity (Wildman–Crippen MR) is 116 cm³/mol. The zero-order valence-electron chi connectivity index (χ0n) is 18.1. The molecular formula is C24H27N3O4. The first-order chi connectivity index (χ1) is 14.9. The Morgan fingerprint density at radius 3 is 2.39 bits per heavy atom. The molecule has 2 aliphatic heterocycles. The van der Waals surface area contributed by atoms with Gasteiger partial charge in [0.2, 0.25) is 0 Å². The van der Waals surface area contributed by atoms with Gasteiger partial charge in [-0.15, -0.1) is 0 Å². The molecule has 2 aromatic rings. The summed E-state index contributed by atoms with van der Waals surface area (Å²) >= 11 is 0. The van der Waals surface area contributed by atoms with Crippen molar-refractivity contribution in [2.45, 2.75) is 25.4 Å². The van der Waals surface area contributed by atoms with Crippen LogP contribution in [0.3, 0.4) is 0 Å². The lowest BCUT2D eigenvalue weighted by Gasteiger charge is -2.36. The first-order valence-electron chi connectivity index (χ1n) is 10.5. The molecule has 0 radical (unpaired) electrons. The van der Waals surface area contributed by atoms with Gasteiger partial charge in [0.1, 0.15) is 5.75 Å². The quantitative estimate of drug-likeness (QED) is 0.695. The average Bonchev–Trinajstić information content (AvgIpc) is 3.03. The van der Waals surface area contributed by atoms with Crippen molar-refractivity contribution in [1.82, 2.24) is 14.7 Å². The molecule has 0 N–H and O–H groups in total. The molecule has 1 unspecified atom stereocenters. The van der Waals surface area contributed by atoms with E-state index in [0.29, 0.717) is 47.1 Å². The van der Waals surface area contributed by atoms with E-state index in [1.165, 1.54) is 12.0 Å². The van der Waals surface area contributed by atoms with E-state index >= 15 is 0 Å². The Bertz CT molecular complexity index is 998. The molecule has 2 aromatic carbocycles. The Labute approximate surface area is 182 Å². The fourth-order valence-corrected chi connectivity index (χ4v) is 4.32. The van der Waals surface area contributed by atoms with Gasteiger partial charge < -0.3 is 14.5 Å². The van der Waals surface area contributed by atoms with E-state index in [1.54, 1.807) is 42.5 Å². The van der Waals surface area contributed by atoms with Crippen molar-refractivity contribution in [2.24, 2.45) is 0 Å². The standard InChI is InChI=1S/C24H27N3O4/c1-25(2)17-7-6-12-26(15-17)22(28)20-13-16(10-11-21(20)31-3)14-27-23(29)18-8-4-5-9-19(18)24(27)30/h4-5,8-11,13,17H,6-7,12,14-15H2,1-3H3. The molecule has 0 saturated carbocycles. The third kappa shape index (κ3) is 3.93. The van der Waals surface area contributed by atoms with Gasteiger partial charge in [0.15, 0.2) is 0 Å². The van der Waals surface area contributed by atoms with E-state index in [1.807, 2.05) is 19.0 Å². The summed E-state index contributed by atoms with van der Waals surface area (Å²) in [5.74, 6) is -0.223. The van der Waals surface area contributed by atoms with Crippen LogP contribution in [-0.4, -0.2) is 72.8 Å². The highest BCUT2D eigenvalue weighted by Gasteiger charge is 2.35. The van der Waals surface area contributed by atoms with E-state index in [4.69, 9.17) is 4.74 Å². The van der Waals surface area contributed by atoms with E-state index in [2.05, 4.69) is 4.90 Å². The normalized spacial score (nSPS) is 18.5. The monoisotopic (exact) mass is 421 g/mol. The van der Waals surface area contributed by atoms with Crippen LogP contribution >= 0.6 is 0 Å². The fraction of sp³-hybridized carbons (Fsp3) is 0.375. The molecule has 7 heteroatoms. The van der Waals surface area contributed by atoms with E-state index < -0.39 is 0 Å². The second-order valence-electron chi connectivity index (χ2n) is 8.29. The maximum absolute atomic E-state index is 13.3. The summed E-state index contributed by atoms with van der Waals surface area (Å²) < 4.78 is 5.44. The molecule has 3 amide bonds. The summed E-state index contributed by atoms with van der Waals surface area (Å²) in [5, 5.41) is 0. The molecule has 0 spiro atoms. The molecule has 0 aliphatic carbocycles. The molecule has 0 aromatic heterocycles. The first kappa shape index (κ1) is 21.1. The Morgan fingerprint density at radius 1 is 1.10 bits per heavy atom. The minimum absolute atomic E-state index is 0.0902. The van der Waals surface area contributed by atoms with Crippen LogP contribution in [0.5, 0.6) is 5.75 Å². The Morgan fingerprint density at radius 2 is 1.77 bits per heavy atom. The average molecular weight is 421 g/mol. The number of methoxy groups -OCH3 is 1. The topological polar surface area (TPSA) is 70.2 Å². The first-order valence-corrected chi connectivity index (χ1v) is 10.5. The SMILES string of the molecule is COc1ccc(CN2C(=O)c3ccccc3C2=O)cc1C(=O)N1CCCC(N(C)C)C1. The zero-order chi connectivity index (χ0) is 22.1. The van der Waals surface area contributed by atoms with Gasteiger partial charge in [0.05, 0.1) is 30.3 Å². The number of rotatable bonds is 5. The number of hydrogen-bond donors (Lipinski definition) is 0. The van der Waals surface area contributed by atoms with Crippen LogP contribution in [0.1, 0.15) is 49.5 Å². The number of amides is 3. The molecule has 31 heavy (non-hydrogen) atoms. The lowest BCUT2D eigenvalue weighted by atomic mass is 10.0. The van der Waals surface area contributed by atoms with Crippen LogP contribution in [-0.2, 0) is 6.54 Å². The number of likely N-dealkylation sites (N-methyl/N-ethyl adjacent to an activating group) is 1. The minimum Gasteiger partial charge on any atom is -0.496 e. The third-order valence-electron chi connectivity index (χ3n) is 6.13. The molecule has 7 nitrogen and oxygen atoms in total. The molecule has 162 valence electrons. The van der Waals surface area contributed by atoms with Gasteiger partial charge in [0, 0.05) is 19.1 Å². The molecular weight excluding hydrogens is 394 g/mol. The lowest BCUT2D eigenvalue weighted by Crippen LogP contribution is -2.47. The number of likely N-dealkylation sites (tertiary alicyclic amines) is 1. The molecule has 2 aliphatic rings. The zero-order valence-corrected chi connectivity index (χ0v) is 18.1. The van der Waals surface area contributed by atoms with Crippen molar-refractivity contribution in [1.29, 1.82) is 0 Å². The Kier molecular flexibility index (Phi) is 5.78. The number of hydrogen-bond acceptors (Lipinski definition) is 5. The van der Waals surface area contributed by atoms with Gasteiger partial charge >= 0.3 is 0 Å². The van der Waals surface area contributed by atoms with Gasteiger partial charge in [-0.2, -0.15) is 0 Å². The van der Waals surface area contributed by atoms with Crippen LogP contribution in [0.2, 0.25) is 0 Å². The summed E-state index contributed by atoms with van der Waals surface area (Å²) in [4.78, 5) is 44.0. The number of carbonyl (C=O) groups is 3. The van der Waals surface area contributed by atoms with Crippen LogP contribution in [0.25, 0.3) is 0 Å². The summed E-state index contributed by atoms with van der Waals surface area (Å²) in [6.07, 6.45) is 2.01. The maximum Gasteiger partial charge on any atom is 0.261 e. The molecule has 2 heterocycles. The van der Waals surface area contributed by atoms with Gasteiger partial charge in [-0.25, -0.2) is 0 Å². The molecule has 1 saturated heterocycles. The second-order valence-corrected chi connectivity index (χ2v) is 8.29. The summed E-state index contributed by atoms with van der Waals surface area (Å²) in [6, 6.07) is 12.4. The fourth-order valence-electron chi connectivity index (χ4n) is 4.32. The van der Waals surface area contributed by atoms with Gasteiger partial charge in [-0.3, -0.25) is 19.3 Å².